The predicted molar refractivity (Wildman–Crippen MR) is 84.1 cm³/mol. The Labute approximate surface area is 124 Å². The quantitative estimate of drug-likeness (QED) is 0.642. The number of hydrogen-bond donors (Lipinski definition) is 0. The molecule has 0 saturated heterocycles. The van der Waals surface area contributed by atoms with Gasteiger partial charge in [-0.1, -0.05) is 23.8 Å². The maximum atomic E-state index is 12.2. The Kier molecular flexibility index (Phi) is 3.52. The van der Waals surface area contributed by atoms with E-state index in [1.165, 1.54) is 5.56 Å². The van der Waals surface area contributed by atoms with Crippen LogP contribution in [0.2, 0.25) is 0 Å². The monoisotopic (exact) mass is 282 g/mol. The highest BCUT2D eigenvalue weighted by Crippen LogP contribution is 2.21. The lowest BCUT2D eigenvalue weighted by molar-refractivity contribution is -0.447. The number of rotatable bonds is 3. The van der Waals surface area contributed by atoms with E-state index in [4.69, 9.17) is 4.74 Å². The van der Waals surface area contributed by atoms with Gasteiger partial charge in [-0.2, -0.15) is 4.74 Å². The van der Waals surface area contributed by atoms with Crippen molar-refractivity contribution in [3.8, 4) is 5.75 Å². The molecule has 4 nitrogen and oxygen atoms in total. The largest absolute Gasteiger partial charge is 0.622 e. The van der Waals surface area contributed by atoms with E-state index in [0.29, 0.717) is 13.2 Å². The van der Waals surface area contributed by atoms with Gasteiger partial charge in [0.05, 0.1) is 7.11 Å². The second-order valence-corrected chi connectivity index (χ2v) is 5.23. The molecule has 0 bridgehead atoms. The molecule has 0 unspecified atom stereocenters. The van der Waals surface area contributed by atoms with Crippen molar-refractivity contribution < 1.29 is 9.48 Å². The van der Waals surface area contributed by atoms with E-state index in [2.05, 4.69) is 36.1 Å². The van der Waals surface area contributed by atoms with Crippen molar-refractivity contribution in [3.63, 3.8) is 0 Å². The first-order valence-corrected chi connectivity index (χ1v) is 6.94. The molecule has 2 aromatic carbocycles. The summed E-state index contributed by atoms with van der Waals surface area (Å²) >= 11 is 0. The van der Waals surface area contributed by atoms with E-state index < -0.39 is 0 Å². The van der Waals surface area contributed by atoms with Gasteiger partial charge in [-0.15, -0.1) is 0 Å². The molecule has 0 saturated carbocycles. The molecule has 1 aliphatic rings. The van der Waals surface area contributed by atoms with Crippen LogP contribution in [0.25, 0.3) is 0 Å². The molecule has 0 amide bonds. The smallest absolute Gasteiger partial charge is 0.229 e. The SMILES string of the molecule is COc1cccc(C2=[N+]([O-])CN(c3ccc(C)cc3)C2)c1. The summed E-state index contributed by atoms with van der Waals surface area (Å²) in [5.74, 6) is 0.766. The van der Waals surface area contributed by atoms with Crippen molar-refractivity contribution in [1.82, 2.24) is 0 Å². The van der Waals surface area contributed by atoms with Crippen LogP contribution < -0.4 is 9.64 Å². The van der Waals surface area contributed by atoms with Crippen LogP contribution >= 0.6 is 0 Å². The summed E-state index contributed by atoms with van der Waals surface area (Å²) in [7, 11) is 1.63. The first kappa shape index (κ1) is 13.5. The average Bonchev–Trinajstić information content (AvgIpc) is 2.90. The third-order valence-corrected chi connectivity index (χ3v) is 3.74. The van der Waals surface area contributed by atoms with Gasteiger partial charge in [0.15, 0.2) is 0 Å². The fraction of sp³-hybridized carbons (Fsp3) is 0.235. The minimum atomic E-state index is 0.357. The molecule has 3 rings (SSSR count). The zero-order chi connectivity index (χ0) is 14.8. The van der Waals surface area contributed by atoms with Gasteiger partial charge in [0.25, 0.3) is 0 Å². The molecule has 0 spiro atoms. The summed E-state index contributed by atoms with van der Waals surface area (Å²) in [5.41, 5.74) is 3.97. The molecule has 0 atom stereocenters. The summed E-state index contributed by atoms with van der Waals surface area (Å²) < 4.78 is 6.28. The van der Waals surface area contributed by atoms with E-state index in [-0.39, 0.29) is 0 Å². The number of anilines is 1. The van der Waals surface area contributed by atoms with Gasteiger partial charge < -0.3 is 14.8 Å². The van der Waals surface area contributed by atoms with Gasteiger partial charge in [-0.05, 0) is 37.3 Å². The van der Waals surface area contributed by atoms with Crippen molar-refractivity contribution in [1.29, 1.82) is 0 Å². The molecule has 4 heteroatoms. The molecular weight excluding hydrogens is 264 g/mol. The van der Waals surface area contributed by atoms with Crippen molar-refractivity contribution in [2.75, 3.05) is 25.2 Å². The molecule has 0 N–H and O–H groups in total. The molecule has 108 valence electrons. The van der Waals surface area contributed by atoms with Crippen molar-refractivity contribution in [3.05, 3.63) is 64.9 Å². The van der Waals surface area contributed by atoms with Gasteiger partial charge in [0.2, 0.25) is 12.4 Å². The van der Waals surface area contributed by atoms with Crippen LogP contribution in [0, 0.1) is 12.1 Å². The van der Waals surface area contributed by atoms with Crippen LogP contribution in [0.15, 0.2) is 48.5 Å². The first-order chi connectivity index (χ1) is 10.2. The summed E-state index contributed by atoms with van der Waals surface area (Å²) in [6, 6.07) is 15.9. The molecule has 1 heterocycles. The van der Waals surface area contributed by atoms with Gasteiger partial charge in [0, 0.05) is 11.3 Å². The van der Waals surface area contributed by atoms with E-state index >= 15 is 0 Å². The highest BCUT2D eigenvalue weighted by Gasteiger charge is 2.27. The first-order valence-electron chi connectivity index (χ1n) is 6.94. The molecule has 0 radical (unpaired) electrons. The Morgan fingerprint density at radius 1 is 1.14 bits per heavy atom. The zero-order valence-corrected chi connectivity index (χ0v) is 12.2. The summed E-state index contributed by atoms with van der Waals surface area (Å²) in [5, 5.41) is 12.2. The maximum absolute atomic E-state index is 12.2. The van der Waals surface area contributed by atoms with Crippen LogP contribution in [0.4, 0.5) is 5.69 Å². The second kappa shape index (κ2) is 5.48. The third kappa shape index (κ3) is 2.70. The van der Waals surface area contributed by atoms with Crippen LogP contribution in [0.1, 0.15) is 11.1 Å². The van der Waals surface area contributed by atoms with Crippen LogP contribution in [0.5, 0.6) is 5.75 Å². The molecule has 0 aromatic heterocycles. The fourth-order valence-corrected chi connectivity index (χ4v) is 2.52. The summed E-state index contributed by atoms with van der Waals surface area (Å²) in [4.78, 5) is 2.07. The molecule has 2 aromatic rings. The number of benzene rings is 2. The van der Waals surface area contributed by atoms with Crippen LogP contribution in [0.3, 0.4) is 0 Å². The Morgan fingerprint density at radius 2 is 1.90 bits per heavy atom. The highest BCUT2D eigenvalue weighted by molar-refractivity contribution is 6.01. The van der Waals surface area contributed by atoms with E-state index in [1.807, 2.05) is 24.3 Å². The van der Waals surface area contributed by atoms with Crippen molar-refractivity contribution in [2.24, 2.45) is 0 Å². The van der Waals surface area contributed by atoms with Crippen LogP contribution in [-0.2, 0) is 0 Å². The second-order valence-electron chi connectivity index (χ2n) is 5.23. The molecule has 1 aliphatic heterocycles. The van der Waals surface area contributed by atoms with Gasteiger partial charge in [0.1, 0.15) is 12.3 Å². The number of ether oxygens (including phenoxy) is 1. The Balaban J connectivity index is 1.84. The zero-order valence-electron chi connectivity index (χ0n) is 12.2. The van der Waals surface area contributed by atoms with Gasteiger partial charge in [-0.25, -0.2) is 0 Å². The van der Waals surface area contributed by atoms with Crippen LogP contribution in [-0.4, -0.2) is 30.8 Å². The topological polar surface area (TPSA) is 38.5 Å². The number of hydrogen-bond acceptors (Lipinski definition) is 3. The lowest BCUT2D eigenvalue weighted by atomic mass is 10.1. The number of methoxy groups -OCH3 is 1. The minimum Gasteiger partial charge on any atom is -0.622 e. The molecule has 21 heavy (non-hydrogen) atoms. The minimum absolute atomic E-state index is 0.357. The van der Waals surface area contributed by atoms with Gasteiger partial charge in [-0.3, -0.25) is 0 Å². The predicted octanol–water partition coefficient (Wildman–Crippen LogP) is 2.78. The molecule has 0 aliphatic carbocycles. The fourth-order valence-electron chi connectivity index (χ4n) is 2.52. The Hall–Kier alpha value is -2.49. The summed E-state index contributed by atoms with van der Waals surface area (Å²) in [6.45, 7) is 3.02. The summed E-state index contributed by atoms with van der Waals surface area (Å²) in [6.07, 6.45) is 0. The Morgan fingerprint density at radius 3 is 2.62 bits per heavy atom. The number of aryl methyl sites for hydroxylation is 1. The standard InChI is InChI=1S/C17H18N2O2/c1-13-6-8-15(9-7-13)18-11-17(19(20)12-18)14-4-3-5-16(10-14)21-2/h3-10H,11-12H2,1-2H3. The van der Waals surface area contributed by atoms with E-state index in [9.17, 15) is 5.21 Å². The van der Waals surface area contributed by atoms with Gasteiger partial charge >= 0.3 is 0 Å². The van der Waals surface area contributed by atoms with E-state index in [1.54, 1.807) is 7.11 Å². The normalized spacial score (nSPS) is 14.7. The maximum Gasteiger partial charge on any atom is 0.229 e. The molecular formula is C17H18N2O2. The molecule has 0 fully saturated rings. The Bertz CT molecular complexity index is 677. The highest BCUT2D eigenvalue weighted by atomic mass is 16.5. The number of hydroxylamine groups is 1. The number of nitrogens with zero attached hydrogens (tertiary/aromatic N) is 2. The lowest BCUT2D eigenvalue weighted by Crippen LogP contribution is -2.23. The lowest BCUT2D eigenvalue weighted by Gasteiger charge is -2.14. The van der Waals surface area contributed by atoms with Crippen molar-refractivity contribution in [2.45, 2.75) is 6.92 Å². The average molecular weight is 282 g/mol. The van der Waals surface area contributed by atoms with Crippen molar-refractivity contribution >= 4 is 11.4 Å². The third-order valence-electron chi connectivity index (χ3n) is 3.74. The van der Waals surface area contributed by atoms with E-state index in [0.717, 1.165) is 27.5 Å².